The summed E-state index contributed by atoms with van der Waals surface area (Å²) in [5.74, 6) is -0.670. The topological polar surface area (TPSA) is 37.4 Å². The third-order valence-electron chi connectivity index (χ3n) is 3.20. The quantitative estimate of drug-likeness (QED) is 0.835. The lowest BCUT2D eigenvalue weighted by Gasteiger charge is -2.22. The van der Waals surface area contributed by atoms with Crippen molar-refractivity contribution in [1.82, 2.24) is 0 Å². The molecular weight excluding hydrogens is 271 g/mol. The number of para-hydroxylation sites is 1. The number of rotatable bonds is 2. The van der Waals surface area contributed by atoms with Crippen LogP contribution in [0.3, 0.4) is 0 Å². The number of anilines is 1. The van der Waals surface area contributed by atoms with Gasteiger partial charge in [0.25, 0.3) is 0 Å². The molecule has 1 aromatic rings. The smallest absolute Gasteiger partial charge is 0.312 e. The first-order valence-electron chi connectivity index (χ1n) is 6.38. The van der Waals surface area contributed by atoms with Crippen molar-refractivity contribution in [3.8, 4) is 0 Å². The van der Waals surface area contributed by atoms with E-state index in [0.717, 1.165) is 0 Å². The largest absolute Gasteiger partial charge is 0.389 e. The van der Waals surface area contributed by atoms with Crippen LogP contribution in [0.4, 0.5) is 18.9 Å². The Balaban J connectivity index is 2.21. The Kier molecular flexibility index (Phi) is 4.11. The van der Waals surface area contributed by atoms with E-state index in [1.807, 2.05) is 0 Å². The van der Waals surface area contributed by atoms with Crippen LogP contribution in [-0.4, -0.2) is 24.4 Å². The standard InChI is InChI=1S/C14H14F3NO2/c15-14(16,17)8-7-13(20)18-9-3-6-12(19)10-4-1-2-5-11(10)18/h1-2,4-5H,3,6-9H2. The van der Waals surface area contributed by atoms with E-state index in [4.69, 9.17) is 0 Å². The Morgan fingerprint density at radius 2 is 1.95 bits per heavy atom. The molecule has 0 atom stereocenters. The molecule has 0 saturated heterocycles. The predicted molar refractivity (Wildman–Crippen MR) is 67.6 cm³/mol. The zero-order valence-corrected chi connectivity index (χ0v) is 10.7. The van der Waals surface area contributed by atoms with Gasteiger partial charge in [-0.1, -0.05) is 12.1 Å². The minimum absolute atomic E-state index is 0.0771. The summed E-state index contributed by atoms with van der Waals surface area (Å²) in [4.78, 5) is 25.2. The number of amides is 1. The Labute approximate surface area is 114 Å². The van der Waals surface area contributed by atoms with Crippen molar-refractivity contribution < 1.29 is 22.8 Å². The van der Waals surface area contributed by atoms with Crippen LogP contribution >= 0.6 is 0 Å². The second kappa shape index (κ2) is 5.64. The van der Waals surface area contributed by atoms with Gasteiger partial charge in [0.1, 0.15) is 0 Å². The van der Waals surface area contributed by atoms with Crippen molar-refractivity contribution in [3.05, 3.63) is 29.8 Å². The maximum absolute atomic E-state index is 12.2. The molecule has 0 saturated carbocycles. The molecular formula is C14H14F3NO2. The number of halogens is 3. The van der Waals surface area contributed by atoms with Gasteiger partial charge in [-0.05, 0) is 18.6 Å². The average Bonchev–Trinajstić information content (AvgIpc) is 2.55. The van der Waals surface area contributed by atoms with Crippen LogP contribution in [0.2, 0.25) is 0 Å². The van der Waals surface area contributed by atoms with Gasteiger partial charge < -0.3 is 4.90 Å². The van der Waals surface area contributed by atoms with Crippen molar-refractivity contribution in [2.75, 3.05) is 11.4 Å². The highest BCUT2D eigenvalue weighted by Gasteiger charge is 2.31. The molecule has 3 nitrogen and oxygen atoms in total. The minimum Gasteiger partial charge on any atom is -0.312 e. The fraction of sp³-hybridized carbons (Fsp3) is 0.429. The summed E-state index contributed by atoms with van der Waals surface area (Å²) in [6.45, 7) is 0.277. The van der Waals surface area contributed by atoms with Crippen molar-refractivity contribution >= 4 is 17.4 Å². The van der Waals surface area contributed by atoms with Crippen LogP contribution < -0.4 is 4.90 Å². The lowest BCUT2D eigenvalue weighted by atomic mass is 10.1. The second-order valence-corrected chi connectivity index (χ2v) is 4.70. The normalized spacial score (nSPS) is 15.8. The first-order valence-corrected chi connectivity index (χ1v) is 6.38. The molecule has 20 heavy (non-hydrogen) atoms. The third-order valence-corrected chi connectivity index (χ3v) is 3.20. The first-order chi connectivity index (χ1) is 9.38. The average molecular weight is 285 g/mol. The highest BCUT2D eigenvalue weighted by molar-refractivity contribution is 6.06. The number of nitrogens with zero attached hydrogens (tertiary/aromatic N) is 1. The van der Waals surface area contributed by atoms with Gasteiger partial charge in [-0.2, -0.15) is 13.2 Å². The molecule has 1 aliphatic rings. The van der Waals surface area contributed by atoms with Gasteiger partial charge in [-0.25, -0.2) is 0 Å². The van der Waals surface area contributed by atoms with Crippen LogP contribution in [-0.2, 0) is 4.79 Å². The Bertz CT molecular complexity index is 525. The highest BCUT2D eigenvalue weighted by atomic mass is 19.4. The van der Waals surface area contributed by atoms with E-state index in [9.17, 15) is 22.8 Å². The Morgan fingerprint density at radius 3 is 2.65 bits per heavy atom. The lowest BCUT2D eigenvalue weighted by molar-refractivity contribution is -0.143. The fourth-order valence-corrected chi connectivity index (χ4v) is 2.24. The number of Topliss-reactive ketones (excluding diaryl/α,β-unsaturated/α-hetero) is 1. The van der Waals surface area contributed by atoms with E-state index in [1.165, 1.54) is 4.90 Å². The molecule has 2 rings (SSSR count). The molecule has 0 N–H and O–H groups in total. The molecule has 108 valence electrons. The van der Waals surface area contributed by atoms with Crippen LogP contribution in [0.25, 0.3) is 0 Å². The van der Waals surface area contributed by atoms with E-state index < -0.39 is 24.9 Å². The molecule has 1 aromatic carbocycles. The van der Waals surface area contributed by atoms with Crippen LogP contribution in [0.1, 0.15) is 36.0 Å². The van der Waals surface area contributed by atoms with E-state index in [2.05, 4.69) is 0 Å². The van der Waals surface area contributed by atoms with Crippen LogP contribution in [0, 0.1) is 0 Å². The molecule has 0 bridgehead atoms. The number of hydrogen-bond acceptors (Lipinski definition) is 2. The van der Waals surface area contributed by atoms with Gasteiger partial charge in [0.05, 0.1) is 12.1 Å². The summed E-state index contributed by atoms with van der Waals surface area (Å²) in [6, 6.07) is 6.55. The van der Waals surface area contributed by atoms with E-state index in [0.29, 0.717) is 24.1 Å². The number of ketones is 1. The fourth-order valence-electron chi connectivity index (χ4n) is 2.24. The number of benzene rings is 1. The van der Waals surface area contributed by atoms with Crippen molar-refractivity contribution in [2.45, 2.75) is 31.9 Å². The number of alkyl halides is 3. The zero-order chi connectivity index (χ0) is 14.8. The second-order valence-electron chi connectivity index (χ2n) is 4.70. The van der Waals surface area contributed by atoms with Crippen molar-refractivity contribution in [2.24, 2.45) is 0 Å². The van der Waals surface area contributed by atoms with E-state index in [-0.39, 0.29) is 12.3 Å². The summed E-state index contributed by atoms with van der Waals surface area (Å²) in [5.41, 5.74) is 0.826. The molecule has 1 amide bonds. The molecule has 1 aliphatic heterocycles. The molecule has 6 heteroatoms. The SMILES string of the molecule is O=C1CCCN(C(=O)CCC(F)(F)F)c2ccccc21. The summed E-state index contributed by atoms with van der Waals surface area (Å²) < 4.78 is 36.6. The molecule has 1 heterocycles. The number of hydrogen-bond donors (Lipinski definition) is 0. The van der Waals surface area contributed by atoms with E-state index >= 15 is 0 Å². The maximum atomic E-state index is 12.2. The van der Waals surface area contributed by atoms with Gasteiger partial charge in [-0.3, -0.25) is 9.59 Å². The summed E-state index contributed by atoms with van der Waals surface area (Å²) >= 11 is 0. The molecule has 0 unspecified atom stereocenters. The Morgan fingerprint density at radius 1 is 1.25 bits per heavy atom. The number of carbonyl (C=O) groups excluding carboxylic acids is 2. The molecule has 0 fully saturated rings. The Hall–Kier alpha value is -1.85. The van der Waals surface area contributed by atoms with Gasteiger partial charge >= 0.3 is 6.18 Å². The molecule has 0 aromatic heterocycles. The minimum atomic E-state index is -4.35. The predicted octanol–water partition coefficient (Wildman–Crippen LogP) is 3.34. The monoisotopic (exact) mass is 285 g/mol. The summed E-state index contributed by atoms with van der Waals surface area (Å²) in [7, 11) is 0. The van der Waals surface area contributed by atoms with Crippen molar-refractivity contribution in [1.29, 1.82) is 0 Å². The first kappa shape index (κ1) is 14.6. The third kappa shape index (κ3) is 3.37. The highest BCUT2D eigenvalue weighted by Crippen LogP contribution is 2.28. The van der Waals surface area contributed by atoms with Gasteiger partial charge in [0.2, 0.25) is 5.91 Å². The maximum Gasteiger partial charge on any atom is 0.389 e. The summed E-state index contributed by atoms with van der Waals surface area (Å²) in [6.07, 6.45) is -5.31. The number of carbonyl (C=O) groups is 2. The molecule has 0 spiro atoms. The van der Waals surface area contributed by atoms with E-state index in [1.54, 1.807) is 24.3 Å². The van der Waals surface area contributed by atoms with Crippen molar-refractivity contribution in [3.63, 3.8) is 0 Å². The zero-order valence-electron chi connectivity index (χ0n) is 10.7. The van der Waals surface area contributed by atoms with Gasteiger partial charge in [0, 0.05) is 24.9 Å². The van der Waals surface area contributed by atoms with Crippen LogP contribution in [0.5, 0.6) is 0 Å². The van der Waals surface area contributed by atoms with Gasteiger partial charge in [0.15, 0.2) is 5.78 Å². The van der Waals surface area contributed by atoms with Crippen LogP contribution in [0.15, 0.2) is 24.3 Å². The van der Waals surface area contributed by atoms with Gasteiger partial charge in [-0.15, -0.1) is 0 Å². The lowest BCUT2D eigenvalue weighted by Crippen LogP contribution is -2.32. The summed E-state index contributed by atoms with van der Waals surface area (Å²) in [5, 5.41) is 0. The number of fused-ring (bicyclic) bond motifs is 1. The molecule has 0 radical (unpaired) electrons. The molecule has 0 aliphatic carbocycles.